The summed E-state index contributed by atoms with van der Waals surface area (Å²) in [6.07, 6.45) is -7.20. The number of halogens is 6. The van der Waals surface area contributed by atoms with Crippen molar-refractivity contribution in [3.05, 3.63) is 130 Å². The molecule has 7 nitrogen and oxygen atoms in total. The van der Waals surface area contributed by atoms with Crippen LogP contribution in [0.15, 0.2) is 90.2 Å². The van der Waals surface area contributed by atoms with E-state index in [1.807, 2.05) is 30.3 Å². The van der Waals surface area contributed by atoms with Gasteiger partial charge in [-0.15, -0.1) is 0 Å². The molecule has 254 valence electrons. The second-order valence-corrected chi connectivity index (χ2v) is 13.3. The highest BCUT2D eigenvalue weighted by molar-refractivity contribution is 7.90. The number of sulfone groups is 1. The Hall–Kier alpha value is -5.24. The van der Waals surface area contributed by atoms with Gasteiger partial charge in [-0.25, -0.2) is 23.2 Å². The van der Waals surface area contributed by atoms with Crippen LogP contribution in [0.5, 0.6) is 0 Å². The van der Waals surface area contributed by atoms with E-state index in [1.165, 1.54) is 0 Å². The first-order valence-corrected chi connectivity index (χ1v) is 16.4. The largest absolute Gasteiger partial charge is 0.478 e. The van der Waals surface area contributed by atoms with Crippen LogP contribution in [0.4, 0.5) is 32.0 Å². The zero-order valence-corrected chi connectivity index (χ0v) is 26.6. The Bertz CT molecular complexity index is 2150. The van der Waals surface area contributed by atoms with Gasteiger partial charge in [0.2, 0.25) is 15.0 Å². The molecule has 4 aromatic carbocycles. The fourth-order valence-corrected chi connectivity index (χ4v) is 6.02. The molecule has 0 unspecified atom stereocenters. The van der Waals surface area contributed by atoms with E-state index in [2.05, 4.69) is 9.97 Å². The quantitative estimate of drug-likeness (QED) is 0.106. The van der Waals surface area contributed by atoms with E-state index >= 15 is 0 Å². The highest BCUT2D eigenvalue weighted by Gasteiger charge is 2.37. The van der Waals surface area contributed by atoms with Crippen molar-refractivity contribution >= 4 is 21.5 Å². The minimum atomic E-state index is -4.87. The smallest absolute Gasteiger partial charge is 0.416 e. The maximum Gasteiger partial charge on any atom is 0.416 e. The summed E-state index contributed by atoms with van der Waals surface area (Å²) in [5.41, 5.74) is 9.79. The number of aromatic nitrogens is 2. The molecule has 5 aromatic rings. The van der Waals surface area contributed by atoms with Gasteiger partial charge in [0, 0.05) is 30.1 Å². The van der Waals surface area contributed by atoms with Crippen molar-refractivity contribution < 1.29 is 44.7 Å². The van der Waals surface area contributed by atoms with Gasteiger partial charge in [-0.3, -0.25) is 0 Å². The van der Waals surface area contributed by atoms with E-state index in [-0.39, 0.29) is 29.3 Å². The number of fused-ring (bicyclic) bond motifs is 3. The van der Waals surface area contributed by atoms with Crippen LogP contribution in [0, 0.1) is 6.92 Å². The predicted octanol–water partition coefficient (Wildman–Crippen LogP) is 8.02. The van der Waals surface area contributed by atoms with E-state index in [4.69, 9.17) is 10.8 Å². The van der Waals surface area contributed by atoms with Gasteiger partial charge in [0.1, 0.15) is 5.56 Å². The molecule has 1 aliphatic rings. The van der Waals surface area contributed by atoms with Gasteiger partial charge in [-0.1, -0.05) is 60.7 Å². The van der Waals surface area contributed by atoms with Crippen molar-refractivity contribution in [2.75, 3.05) is 12.0 Å². The van der Waals surface area contributed by atoms with Crippen molar-refractivity contribution in [2.24, 2.45) is 0 Å². The molecule has 0 bridgehead atoms. The Morgan fingerprint density at radius 1 is 0.878 bits per heavy atom. The van der Waals surface area contributed by atoms with Gasteiger partial charge in [0.05, 0.1) is 16.8 Å². The normalized spacial score (nSPS) is 12.5. The molecule has 0 saturated carbocycles. The van der Waals surface area contributed by atoms with Crippen LogP contribution in [0.1, 0.15) is 49.3 Å². The summed E-state index contributed by atoms with van der Waals surface area (Å²) in [6, 6.07) is 19.7. The van der Waals surface area contributed by atoms with E-state index < -0.39 is 44.4 Å². The third-order valence-electron chi connectivity index (χ3n) is 7.95. The van der Waals surface area contributed by atoms with Crippen molar-refractivity contribution in [3.8, 4) is 22.4 Å². The van der Waals surface area contributed by atoms with Crippen LogP contribution >= 0.6 is 0 Å². The Kier molecular flexibility index (Phi) is 9.30. The fourth-order valence-electron chi connectivity index (χ4n) is 5.51. The van der Waals surface area contributed by atoms with Gasteiger partial charge in [-0.05, 0) is 70.5 Å². The molecule has 6 rings (SSSR count). The Labute approximate surface area is 277 Å². The van der Waals surface area contributed by atoms with Gasteiger partial charge in [-0.2, -0.15) is 26.3 Å². The number of rotatable bonds is 5. The summed E-state index contributed by atoms with van der Waals surface area (Å²) < 4.78 is 102. The first-order chi connectivity index (χ1) is 22.8. The highest BCUT2D eigenvalue weighted by Crippen LogP contribution is 2.43. The molecule has 49 heavy (non-hydrogen) atoms. The molecule has 0 aliphatic heterocycles. The van der Waals surface area contributed by atoms with E-state index in [9.17, 15) is 39.6 Å². The van der Waals surface area contributed by atoms with Crippen LogP contribution in [-0.2, 0) is 35.0 Å². The molecule has 0 amide bonds. The van der Waals surface area contributed by atoms with Crippen LogP contribution in [0.3, 0.4) is 0 Å². The van der Waals surface area contributed by atoms with Crippen LogP contribution in [0.2, 0.25) is 0 Å². The minimum Gasteiger partial charge on any atom is -0.478 e. The summed E-state index contributed by atoms with van der Waals surface area (Å²) >= 11 is 0. The van der Waals surface area contributed by atoms with Gasteiger partial charge >= 0.3 is 18.3 Å². The number of alkyl halides is 6. The SMILES string of the molecule is CS(=O)(=O)c1ncc(C(=O)O)c(-c2ccccc2)n1.Cc1c(Cc2cc(C(F)(F)F)cc(C(F)(F)F)c2)cc2c(c1N)Cc1ccccc1-2. The number of anilines is 1. The summed E-state index contributed by atoms with van der Waals surface area (Å²) in [5, 5.41) is 8.70. The standard InChI is InChI=1S/C23H17F6N.C12H10N2O4S/c1-12-15(10-19-18-5-3-2-4-14(18)9-20(19)21(12)30)6-13-7-16(22(24,25)26)11-17(8-13)23(27,28)29;1-19(17,18)12-13-7-9(11(15)16)10(14-12)8-5-3-2-4-6-8/h2-5,7-8,10-11H,6,9,30H2,1H3;2-7H,1H3,(H,15,16). The maximum absolute atomic E-state index is 13.2. The molecule has 0 radical (unpaired) electrons. The van der Waals surface area contributed by atoms with Gasteiger partial charge < -0.3 is 10.8 Å². The first kappa shape index (κ1) is 35.1. The number of benzene rings is 4. The first-order valence-electron chi connectivity index (χ1n) is 14.5. The molecule has 3 N–H and O–H groups in total. The monoisotopic (exact) mass is 699 g/mol. The lowest BCUT2D eigenvalue weighted by atomic mass is 9.91. The van der Waals surface area contributed by atoms with Crippen molar-refractivity contribution in [1.82, 2.24) is 9.97 Å². The number of carbonyl (C=O) groups is 1. The molecule has 1 aliphatic carbocycles. The number of aromatic carboxylic acids is 1. The maximum atomic E-state index is 13.2. The topological polar surface area (TPSA) is 123 Å². The third kappa shape index (κ3) is 7.59. The molecule has 0 fully saturated rings. The van der Waals surface area contributed by atoms with Crippen LogP contribution < -0.4 is 5.73 Å². The van der Waals surface area contributed by atoms with Crippen LogP contribution in [-0.4, -0.2) is 35.7 Å². The van der Waals surface area contributed by atoms with Crippen LogP contribution in [0.25, 0.3) is 22.4 Å². The molecule has 0 saturated heterocycles. The molecule has 0 atom stereocenters. The number of hydrogen-bond donors (Lipinski definition) is 2. The zero-order chi connectivity index (χ0) is 35.9. The third-order valence-corrected chi connectivity index (χ3v) is 8.81. The number of nitrogens with zero attached hydrogens (tertiary/aromatic N) is 2. The molecule has 1 aromatic heterocycles. The number of carboxylic acid groups (broad SMARTS) is 1. The lowest BCUT2D eigenvalue weighted by molar-refractivity contribution is -0.143. The van der Waals surface area contributed by atoms with E-state index in [0.717, 1.165) is 46.8 Å². The summed E-state index contributed by atoms with van der Waals surface area (Å²) in [6.45, 7) is 1.74. The summed E-state index contributed by atoms with van der Waals surface area (Å²) in [7, 11) is -3.59. The zero-order valence-electron chi connectivity index (χ0n) is 25.8. The Morgan fingerprint density at radius 2 is 1.47 bits per heavy atom. The summed E-state index contributed by atoms with van der Waals surface area (Å²) in [4.78, 5) is 18.6. The average Bonchev–Trinajstić information content (AvgIpc) is 3.41. The average molecular weight is 700 g/mol. The molecule has 14 heteroatoms. The van der Waals surface area contributed by atoms with Crippen molar-refractivity contribution in [1.29, 1.82) is 0 Å². The van der Waals surface area contributed by atoms with Crippen molar-refractivity contribution in [3.63, 3.8) is 0 Å². The van der Waals surface area contributed by atoms with Crippen molar-refractivity contribution in [2.45, 2.75) is 37.3 Å². The predicted molar refractivity (Wildman–Crippen MR) is 171 cm³/mol. The summed E-state index contributed by atoms with van der Waals surface area (Å²) in [5.74, 6) is -1.21. The molecular formula is C35H27F6N3O4S. The lowest BCUT2D eigenvalue weighted by Gasteiger charge is -2.17. The number of carboxylic acids is 1. The Balaban J connectivity index is 0.000000212. The number of nitrogens with two attached hydrogens (primary N) is 1. The van der Waals surface area contributed by atoms with Gasteiger partial charge in [0.15, 0.2) is 0 Å². The number of nitrogen functional groups attached to an aromatic ring is 1. The Morgan fingerprint density at radius 3 is 2.04 bits per heavy atom. The molecule has 0 spiro atoms. The highest BCUT2D eigenvalue weighted by atomic mass is 32.2. The minimum absolute atomic E-state index is 0.0640. The van der Waals surface area contributed by atoms with E-state index in [0.29, 0.717) is 28.8 Å². The van der Waals surface area contributed by atoms with E-state index in [1.54, 1.807) is 37.3 Å². The second kappa shape index (κ2) is 13.0. The van der Waals surface area contributed by atoms with Gasteiger partial charge in [0.25, 0.3) is 0 Å². The lowest BCUT2D eigenvalue weighted by Crippen LogP contribution is -2.12. The fraction of sp³-hybridized carbons (Fsp3) is 0.171. The molecular weight excluding hydrogens is 672 g/mol. The number of hydrogen-bond acceptors (Lipinski definition) is 6. The molecule has 1 heterocycles. The second-order valence-electron chi connectivity index (χ2n) is 11.4.